The van der Waals surface area contributed by atoms with Gasteiger partial charge in [-0.05, 0) is 32.1 Å². The number of hydrogen-bond donors (Lipinski definition) is 3. The SMILES string of the molecule is CCNC(=NCC(C)CO)NC1CC2CCC1O2. The molecule has 5 nitrogen and oxygen atoms in total. The number of ether oxygens (including phenoxy) is 1. The Labute approximate surface area is 109 Å². The minimum absolute atomic E-state index is 0.181. The number of aliphatic hydroxyl groups excluding tert-OH is 1. The molecule has 0 aromatic carbocycles. The Hall–Kier alpha value is -0.810. The molecule has 2 saturated heterocycles. The highest BCUT2D eigenvalue weighted by molar-refractivity contribution is 5.80. The number of rotatable bonds is 5. The molecule has 0 radical (unpaired) electrons. The van der Waals surface area contributed by atoms with Crippen molar-refractivity contribution >= 4 is 5.96 Å². The van der Waals surface area contributed by atoms with Crippen LogP contribution in [0.5, 0.6) is 0 Å². The van der Waals surface area contributed by atoms with Gasteiger partial charge in [0.15, 0.2) is 5.96 Å². The normalized spacial score (nSPS) is 32.6. The summed E-state index contributed by atoms with van der Waals surface area (Å²) in [5.41, 5.74) is 0. The molecule has 0 aliphatic carbocycles. The summed E-state index contributed by atoms with van der Waals surface area (Å²) in [6, 6.07) is 0.394. The maximum atomic E-state index is 9.02. The number of guanidine groups is 1. The van der Waals surface area contributed by atoms with E-state index in [0.29, 0.717) is 24.8 Å². The van der Waals surface area contributed by atoms with E-state index in [1.54, 1.807) is 0 Å². The molecule has 0 spiro atoms. The van der Waals surface area contributed by atoms with Crippen LogP contribution in [0.3, 0.4) is 0 Å². The van der Waals surface area contributed by atoms with E-state index < -0.39 is 0 Å². The second-order valence-electron chi connectivity index (χ2n) is 5.37. The summed E-state index contributed by atoms with van der Waals surface area (Å²) in [6.45, 7) is 5.73. The minimum atomic E-state index is 0.181. The van der Waals surface area contributed by atoms with Crippen LogP contribution >= 0.6 is 0 Å². The summed E-state index contributed by atoms with van der Waals surface area (Å²) in [7, 11) is 0. The van der Waals surface area contributed by atoms with Gasteiger partial charge < -0.3 is 20.5 Å². The van der Waals surface area contributed by atoms with Gasteiger partial charge in [0.1, 0.15) is 0 Å². The van der Waals surface area contributed by atoms with Gasteiger partial charge in [-0.1, -0.05) is 6.92 Å². The second-order valence-corrected chi connectivity index (χ2v) is 5.37. The van der Waals surface area contributed by atoms with Crippen LogP contribution in [-0.4, -0.2) is 49.0 Å². The van der Waals surface area contributed by atoms with Crippen LogP contribution in [0.2, 0.25) is 0 Å². The summed E-state index contributed by atoms with van der Waals surface area (Å²) < 4.78 is 5.83. The molecule has 2 aliphatic rings. The molecular weight excluding hydrogens is 230 g/mol. The Morgan fingerprint density at radius 1 is 1.50 bits per heavy atom. The Morgan fingerprint density at radius 3 is 2.89 bits per heavy atom. The first-order chi connectivity index (χ1) is 8.72. The van der Waals surface area contributed by atoms with E-state index in [9.17, 15) is 0 Å². The molecule has 2 aliphatic heterocycles. The van der Waals surface area contributed by atoms with Crippen molar-refractivity contribution in [2.24, 2.45) is 10.9 Å². The maximum absolute atomic E-state index is 9.02. The zero-order valence-corrected chi connectivity index (χ0v) is 11.4. The van der Waals surface area contributed by atoms with Gasteiger partial charge in [0.2, 0.25) is 0 Å². The van der Waals surface area contributed by atoms with E-state index >= 15 is 0 Å². The standard InChI is InChI=1S/C13H25N3O2/c1-3-14-13(15-7-9(2)8-17)16-11-6-10-4-5-12(11)18-10/h9-12,17H,3-8H2,1-2H3,(H2,14,15,16). The van der Waals surface area contributed by atoms with Crippen molar-refractivity contribution in [3.8, 4) is 0 Å². The van der Waals surface area contributed by atoms with Crippen LogP contribution in [0, 0.1) is 5.92 Å². The lowest BCUT2D eigenvalue weighted by molar-refractivity contribution is 0.0992. The zero-order valence-electron chi connectivity index (χ0n) is 11.4. The molecule has 0 aromatic rings. The van der Waals surface area contributed by atoms with E-state index in [-0.39, 0.29) is 12.5 Å². The van der Waals surface area contributed by atoms with Crippen molar-refractivity contribution in [2.45, 2.75) is 51.4 Å². The molecule has 4 unspecified atom stereocenters. The molecule has 2 fully saturated rings. The number of aliphatic imine (C=N–C) groups is 1. The molecule has 0 saturated carbocycles. The Morgan fingerprint density at radius 2 is 2.33 bits per heavy atom. The topological polar surface area (TPSA) is 65.9 Å². The number of hydrogen-bond acceptors (Lipinski definition) is 3. The lowest BCUT2D eigenvalue weighted by Gasteiger charge is -2.22. The van der Waals surface area contributed by atoms with Gasteiger partial charge in [0.25, 0.3) is 0 Å². The lowest BCUT2D eigenvalue weighted by Crippen LogP contribution is -2.47. The van der Waals surface area contributed by atoms with E-state index in [1.807, 2.05) is 6.92 Å². The predicted octanol–water partition coefficient (Wildman–Crippen LogP) is 0.490. The fourth-order valence-corrected chi connectivity index (χ4v) is 2.59. The van der Waals surface area contributed by atoms with Crippen molar-refractivity contribution < 1.29 is 9.84 Å². The Bertz CT molecular complexity index is 296. The highest BCUT2D eigenvalue weighted by Crippen LogP contribution is 2.34. The third kappa shape index (κ3) is 3.36. The van der Waals surface area contributed by atoms with Crippen molar-refractivity contribution in [1.82, 2.24) is 10.6 Å². The van der Waals surface area contributed by atoms with Gasteiger partial charge >= 0.3 is 0 Å². The number of nitrogens with zero attached hydrogens (tertiary/aromatic N) is 1. The third-order valence-electron chi connectivity index (χ3n) is 3.65. The first-order valence-electron chi connectivity index (χ1n) is 7.04. The molecule has 3 N–H and O–H groups in total. The average Bonchev–Trinajstić information content (AvgIpc) is 2.98. The summed E-state index contributed by atoms with van der Waals surface area (Å²) >= 11 is 0. The van der Waals surface area contributed by atoms with E-state index in [2.05, 4.69) is 22.5 Å². The van der Waals surface area contributed by atoms with Crippen molar-refractivity contribution in [3.05, 3.63) is 0 Å². The minimum Gasteiger partial charge on any atom is -0.396 e. The van der Waals surface area contributed by atoms with Gasteiger partial charge in [-0.3, -0.25) is 4.99 Å². The fourth-order valence-electron chi connectivity index (χ4n) is 2.59. The Balaban J connectivity index is 1.85. The van der Waals surface area contributed by atoms with Gasteiger partial charge in [-0.25, -0.2) is 0 Å². The summed E-state index contributed by atoms with van der Waals surface area (Å²) in [5.74, 6) is 1.05. The van der Waals surface area contributed by atoms with Crippen LogP contribution in [0.4, 0.5) is 0 Å². The third-order valence-corrected chi connectivity index (χ3v) is 3.65. The predicted molar refractivity (Wildman–Crippen MR) is 71.7 cm³/mol. The van der Waals surface area contributed by atoms with Crippen molar-refractivity contribution in [1.29, 1.82) is 0 Å². The fraction of sp³-hybridized carbons (Fsp3) is 0.923. The number of aliphatic hydroxyl groups is 1. The highest BCUT2D eigenvalue weighted by atomic mass is 16.5. The summed E-state index contributed by atoms with van der Waals surface area (Å²) in [6.07, 6.45) is 4.26. The molecule has 2 heterocycles. The molecular formula is C13H25N3O2. The van der Waals surface area contributed by atoms with Crippen LogP contribution < -0.4 is 10.6 Å². The maximum Gasteiger partial charge on any atom is 0.191 e. The molecule has 2 bridgehead atoms. The number of fused-ring (bicyclic) bond motifs is 2. The Kier molecular flexibility index (Phi) is 4.83. The summed E-state index contributed by atoms with van der Waals surface area (Å²) in [4.78, 5) is 4.51. The first-order valence-corrected chi connectivity index (χ1v) is 7.04. The van der Waals surface area contributed by atoms with E-state index in [0.717, 1.165) is 25.3 Å². The summed E-state index contributed by atoms with van der Waals surface area (Å²) in [5, 5.41) is 15.7. The molecule has 0 amide bonds. The number of nitrogens with one attached hydrogen (secondary N) is 2. The van der Waals surface area contributed by atoms with E-state index in [1.165, 1.54) is 6.42 Å². The molecule has 104 valence electrons. The molecule has 5 heteroatoms. The van der Waals surface area contributed by atoms with E-state index in [4.69, 9.17) is 9.84 Å². The largest absolute Gasteiger partial charge is 0.396 e. The molecule has 0 aromatic heterocycles. The monoisotopic (exact) mass is 255 g/mol. The van der Waals surface area contributed by atoms with Crippen LogP contribution in [0.25, 0.3) is 0 Å². The zero-order chi connectivity index (χ0) is 13.0. The van der Waals surface area contributed by atoms with Gasteiger partial charge in [0.05, 0.1) is 18.2 Å². The van der Waals surface area contributed by atoms with Crippen LogP contribution in [0.15, 0.2) is 4.99 Å². The van der Waals surface area contributed by atoms with Crippen molar-refractivity contribution in [3.63, 3.8) is 0 Å². The van der Waals surface area contributed by atoms with Gasteiger partial charge in [-0.2, -0.15) is 0 Å². The lowest BCUT2D eigenvalue weighted by atomic mass is 9.96. The molecule has 2 rings (SSSR count). The first kappa shape index (κ1) is 13.6. The quantitative estimate of drug-likeness (QED) is 0.494. The molecule has 18 heavy (non-hydrogen) atoms. The highest BCUT2D eigenvalue weighted by Gasteiger charge is 2.41. The van der Waals surface area contributed by atoms with Crippen LogP contribution in [0.1, 0.15) is 33.1 Å². The molecule has 4 atom stereocenters. The van der Waals surface area contributed by atoms with Gasteiger partial charge in [0, 0.05) is 19.7 Å². The van der Waals surface area contributed by atoms with Crippen LogP contribution in [-0.2, 0) is 4.74 Å². The smallest absolute Gasteiger partial charge is 0.191 e. The second kappa shape index (κ2) is 6.38. The van der Waals surface area contributed by atoms with Gasteiger partial charge in [-0.15, -0.1) is 0 Å². The van der Waals surface area contributed by atoms with Crippen molar-refractivity contribution in [2.75, 3.05) is 19.7 Å². The average molecular weight is 255 g/mol.